The van der Waals surface area contributed by atoms with Crippen LogP contribution in [0.5, 0.6) is 5.75 Å². The van der Waals surface area contributed by atoms with Gasteiger partial charge in [-0.15, -0.1) is 0 Å². The van der Waals surface area contributed by atoms with Crippen molar-refractivity contribution in [3.05, 3.63) is 52.7 Å². The summed E-state index contributed by atoms with van der Waals surface area (Å²) in [5.74, 6) is 1.09. The van der Waals surface area contributed by atoms with Crippen molar-refractivity contribution in [3.63, 3.8) is 0 Å². The van der Waals surface area contributed by atoms with Crippen molar-refractivity contribution in [2.45, 2.75) is 6.54 Å². The molecule has 126 valence electrons. The van der Waals surface area contributed by atoms with Crippen LogP contribution in [0.4, 0.5) is 5.82 Å². The fourth-order valence-corrected chi connectivity index (χ4v) is 3.13. The second-order valence-corrected chi connectivity index (χ2v) is 6.13. The van der Waals surface area contributed by atoms with Gasteiger partial charge in [0.1, 0.15) is 11.6 Å². The fourth-order valence-electron chi connectivity index (χ4n) is 2.88. The van der Waals surface area contributed by atoms with Crippen molar-refractivity contribution < 1.29 is 10.3 Å². The number of phenols is 1. The summed E-state index contributed by atoms with van der Waals surface area (Å²) in [7, 11) is 0. The average Bonchev–Trinajstić information content (AvgIpc) is 2.60. The Bertz CT molecular complexity index is 716. The van der Waals surface area contributed by atoms with Gasteiger partial charge >= 0.3 is 0 Å². The molecule has 0 spiro atoms. The molecule has 1 fully saturated rings. The topological polar surface area (TPSA) is 72.2 Å². The molecule has 0 bridgehead atoms. The van der Waals surface area contributed by atoms with E-state index in [2.05, 4.69) is 19.9 Å². The van der Waals surface area contributed by atoms with Gasteiger partial charge in [-0.1, -0.05) is 22.8 Å². The number of rotatable bonds is 4. The van der Waals surface area contributed by atoms with Crippen LogP contribution < -0.4 is 4.90 Å². The minimum absolute atomic E-state index is 0.101. The molecule has 2 heterocycles. The SMILES string of the molecule is O/N=C/c1cc(Cl)cc(CN2CCN(c3ccccn3)CC2)c1O. The van der Waals surface area contributed by atoms with Crippen LogP contribution in [0.1, 0.15) is 11.1 Å². The van der Waals surface area contributed by atoms with Crippen LogP contribution in [-0.4, -0.2) is 52.6 Å². The summed E-state index contributed by atoms with van der Waals surface area (Å²) in [6, 6.07) is 9.23. The van der Waals surface area contributed by atoms with Gasteiger partial charge in [0.05, 0.1) is 6.21 Å². The monoisotopic (exact) mass is 346 g/mol. The quantitative estimate of drug-likeness (QED) is 0.506. The molecule has 0 unspecified atom stereocenters. The van der Waals surface area contributed by atoms with Crippen LogP contribution in [0.15, 0.2) is 41.7 Å². The van der Waals surface area contributed by atoms with Gasteiger partial charge < -0.3 is 15.2 Å². The van der Waals surface area contributed by atoms with Crippen molar-refractivity contribution in [3.8, 4) is 5.75 Å². The minimum atomic E-state index is 0.101. The summed E-state index contributed by atoms with van der Waals surface area (Å²) >= 11 is 6.09. The summed E-state index contributed by atoms with van der Waals surface area (Å²) in [6.07, 6.45) is 2.99. The second kappa shape index (κ2) is 7.51. The van der Waals surface area contributed by atoms with Crippen LogP contribution >= 0.6 is 11.6 Å². The summed E-state index contributed by atoms with van der Waals surface area (Å²) in [6.45, 7) is 4.08. The predicted molar refractivity (Wildman–Crippen MR) is 94.2 cm³/mol. The zero-order valence-corrected chi connectivity index (χ0v) is 13.9. The lowest BCUT2D eigenvalue weighted by molar-refractivity contribution is 0.246. The Morgan fingerprint density at radius 2 is 2.00 bits per heavy atom. The van der Waals surface area contributed by atoms with Crippen molar-refractivity contribution in [2.24, 2.45) is 5.16 Å². The molecular formula is C17H19ClN4O2. The molecule has 1 aromatic carbocycles. The van der Waals surface area contributed by atoms with Gasteiger partial charge in [0, 0.05) is 55.1 Å². The summed E-state index contributed by atoms with van der Waals surface area (Å²) in [4.78, 5) is 8.88. The highest BCUT2D eigenvalue weighted by atomic mass is 35.5. The van der Waals surface area contributed by atoms with Crippen LogP contribution in [0.25, 0.3) is 0 Å². The normalized spacial score (nSPS) is 16.0. The van der Waals surface area contributed by atoms with E-state index < -0.39 is 0 Å². The number of aromatic nitrogens is 1. The molecule has 1 saturated heterocycles. The summed E-state index contributed by atoms with van der Waals surface area (Å²) < 4.78 is 0. The molecule has 3 rings (SSSR count). The van der Waals surface area contributed by atoms with Gasteiger partial charge in [-0.2, -0.15) is 0 Å². The predicted octanol–water partition coefficient (Wildman–Crippen LogP) is 2.57. The van der Waals surface area contributed by atoms with Crippen molar-refractivity contribution in [1.82, 2.24) is 9.88 Å². The Morgan fingerprint density at radius 3 is 2.67 bits per heavy atom. The zero-order valence-electron chi connectivity index (χ0n) is 13.1. The van der Waals surface area contributed by atoms with Gasteiger partial charge in [0.2, 0.25) is 0 Å². The van der Waals surface area contributed by atoms with E-state index in [1.54, 1.807) is 18.3 Å². The third kappa shape index (κ3) is 3.77. The molecule has 0 radical (unpaired) electrons. The Hall–Kier alpha value is -2.31. The number of aromatic hydroxyl groups is 1. The zero-order chi connectivity index (χ0) is 16.9. The molecule has 0 amide bonds. The Morgan fingerprint density at radius 1 is 1.21 bits per heavy atom. The lowest BCUT2D eigenvalue weighted by Gasteiger charge is -2.35. The molecule has 2 aromatic rings. The molecule has 0 aliphatic carbocycles. The third-order valence-electron chi connectivity index (χ3n) is 4.12. The van der Waals surface area contributed by atoms with Crippen LogP contribution in [0, 0.1) is 0 Å². The Kier molecular flexibility index (Phi) is 5.17. The Balaban J connectivity index is 1.66. The molecule has 24 heavy (non-hydrogen) atoms. The van der Waals surface area contributed by atoms with E-state index in [0.717, 1.165) is 37.6 Å². The number of nitrogens with zero attached hydrogens (tertiary/aromatic N) is 4. The summed E-state index contributed by atoms with van der Waals surface area (Å²) in [5, 5.41) is 22.4. The van der Waals surface area contributed by atoms with Crippen molar-refractivity contribution >= 4 is 23.6 Å². The maximum atomic E-state index is 10.3. The van der Waals surface area contributed by atoms with Crippen LogP contribution in [0.3, 0.4) is 0 Å². The molecule has 1 aliphatic rings. The van der Waals surface area contributed by atoms with E-state index in [-0.39, 0.29) is 5.75 Å². The first-order chi connectivity index (χ1) is 11.7. The van der Waals surface area contributed by atoms with E-state index in [0.29, 0.717) is 17.1 Å². The number of hydrogen-bond acceptors (Lipinski definition) is 6. The first-order valence-corrected chi connectivity index (χ1v) is 8.12. The molecule has 1 aromatic heterocycles. The highest BCUT2D eigenvalue weighted by molar-refractivity contribution is 6.31. The van der Waals surface area contributed by atoms with Gasteiger partial charge in [0.25, 0.3) is 0 Å². The van der Waals surface area contributed by atoms with Gasteiger partial charge in [-0.05, 0) is 24.3 Å². The number of halogens is 1. The molecule has 0 saturated carbocycles. The van der Waals surface area contributed by atoms with Crippen molar-refractivity contribution in [1.29, 1.82) is 0 Å². The maximum Gasteiger partial charge on any atom is 0.129 e. The third-order valence-corrected chi connectivity index (χ3v) is 4.34. The number of phenolic OH excluding ortho intramolecular Hbond substituents is 1. The lowest BCUT2D eigenvalue weighted by atomic mass is 10.1. The van der Waals surface area contributed by atoms with Gasteiger partial charge in [-0.3, -0.25) is 4.90 Å². The fraction of sp³-hybridized carbons (Fsp3) is 0.294. The number of oxime groups is 1. The number of piperazine rings is 1. The summed E-state index contributed by atoms with van der Waals surface area (Å²) in [5.41, 5.74) is 1.14. The second-order valence-electron chi connectivity index (χ2n) is 5.70. The smallest absolute Gasteiger partial charge is 0.129 e. The number of pyridine rings is 1. The van der Waals surface area contributed by atoms with E-state index in [1.807, 2.05) is 18.2 Å². The molecule has 7 heteroatoms. The lowest BCUT2D eigenvalue weighted by Crippen LogP contribution is -2.46. The first-order valence-electron chi connectivity index (χ1n) is 7.74. The molecule has 2 N–H and O–H groups in total. The Labute approximate surface area is 145 Å². The van der Waals surface area contributed by atoms with Gasteiger partial charge in [-0.25, -0.2) is 4.98 Å². The van der Waals surface area contributed by atoms with Crippen molar-refractivity contribution in [2.75, 3.05) is 31.1 Å². The number of anilines is 1. The highest BCUT2D eigenvalue weighted by Gasteiger charge is 2.19. The van der Waals surface area contributed by atoms with E-state index in [9.17, 15) is 5.11 Å². The molecule has 0 atom stereocenters. The van der Waals surface area contributed by atoms with E-state index in [1.165, 1.54) is 6.21 Å². The highest BCUT2D eigenvalue weighted by Crippen LogP contribution is 2.27. The number of benzene rings is 1. The molecular weight excluding hydrogens is 328 g/mol. The van der Waals surface area contributed by atoms with Crippen LogP contribution in [0.2, 0.25) is 5.02 Å². The van der Waals surface area contributed by atoms with Crippen LogP contribution in [-0.2, 0) is 6.54 Å². The molecule has 1 aliphatic heterocycles. The largest absolute Gasteiger partial charge is 0.507 e. The number of hydrogen-bond donors (Lipinski definition) is 2. The first kappa shape index (κ1) is 16.5. The minimum Gasteiger partial charge on any atom is -0.507 e. The van der Waals surface area contributed by atoms with Gasteiger partial charge in [0.15, 0.2) is 0 Å². The average molecular weight is 347 g/mol. The maximum absolute atomic E-state index is 10.3. The standard InChI is InChI=1S/C17H19ClN4O2/c18-15-9-13(11-20-24)17(23)14(10-15)12-21-5-7-22(8-6-21)16-3-1-2-4-19-16/h1-4,9-11,23-24H,5-8,12H2/b20-11+. The molecule has 6 nitrogen and oxygen atoms in total. The van der Waals surface area contributed by atoms with E-state index >= 15 is 0 Å². The van der Waals surface area contributed by atoms with E-state index in [4.69, 9.17) is 16.8 Å².